The maximum Gasteiger partial charge on any atom is 0.258 e. The minimum absolute atomic E-state index is 0.0504. The first-order chi connectivity index (χ1) is 17.5. The summed E-state index contributed by atoms with van der Waals surface area (Å²) in [6.45, 7) is 1.87. The van der Waals surface area contributed by atoms with Crippen LogP contribution in [0.4, 0.5) is 4.39 Å². The van der Waals surface area contributed by atoms with Gasteiger partial charge in [0.05, 0.1) is 5.56 Å². The van der Waals surface area contributed by atoms with E-state index in [1.165, 1.54) is 25.1 Å². The fourth-order valence-electron chi connectivity index (χ4n) is 3.43. The summed E-state index contributed by atoms with van der Waals surface area (Å²) in [6.07, 6.45) is 0. The highest BCUT2D eigenvalue weighted by Crippen LogP contribution is 2.32. The number of amides is 1. The van der Waals surface area contributed by atoms with Crippen molar-refractivity contribution in [2.24, 2.45) is 0 Å². The SMILES string of the molecule is CC(=O)c1cc(C(=O)NCc2ccc(F)cc2)c(OCc2ccccc2)c(OCc2ccccc2)n1. The molecule has 6 nitrogen and oxygen atoms in total. The van der Waals surface area contributed by atoms with Crippen LogP contribution in [-0.4, -0.2) is 16.7 Å². The zero-order chi connectivity index (χ0) is 25.3. The Morgan fingerprint density at radius 2 is 1.39 bits per heavy atom. The van der Waals surface area contributed by atoms with E-state index in [2.05, 4.69) is 10.3 Å². The molecule has 0 unspecified atom stereocenters. The molecule has 0 aliphatic carbocycles. The number of ether oxygens (including phenoxy) is 2. The fraction of sp³-hybridized carbons (Fsp3) is 0.138. The maximum atomic E-state index is 13.3. The summed E-state index contributed by atoms with van der Waals surface area (Å²) < 4.78 is 25.2. The van der Waals surface area contributed by atoms with Gasteiger partial charge in [-0.2, -0.15) is 0 Å². The quantitative estimate of drug-likeness (QED) is 0.300. The minimum atomic E-state index is -0.475. The molecule has 0 atom stereocenters. The van der Waals surface area contributed by atoms with Gasteiger partial charge in [0.2, 0.25) is 0 Å². The summed E-state index contributed by atoms with van der Waals surface area (Å²) in [4.78, 5) is 29.8. The number of pyridine rings is 1. The molecule has 4 rings (SSSR count). The maximum absolute atomic E-state index is 13.3. The Hall–Kier alpha value is -4.52. The summed E-state index contributed by atoms with van der Waals surface area (Å²) in [7, 11) is 0. The molecule has 0 radical (unpaired) electrons. The highest BCUT2D eigenvalue weighted by molar-refractivity contribution is 6.01. The van der Waals surface area contributed by atoms with Gasteiger partial charge in [-0.15, -0.1) is 0 Å². The number of nitrogens with zero attached hydrogens (tertiary/aromatic N) is 1. The first kappa shape index (κ1) is 24.6. The Morgan fingerprint density at radius 3 is 1.97 bits per heavy atom. The van der Waals surface area contributed by atoms with Crippen LogP contribution in [0.2, 0.25) is 0 Å². The van der Waals surface area contributed by atoms with Gasteiger partial charge in [0, 0.05) is 13.5 Å². The molecule has 4 aromatic rings. The van der Waals surface area contributed by atoms with Gasteiger partial charge >= 0.3 is 0 Å². The molecule has 0 spiro atoms. The molecule has 0 aliphatic rings. The van der Waals surface area contributed by atoms with Crippen molar-refractivity contribution in [1.82, 2.24) is 10.3 Å². The molecule has 3 aromatic carbocycles. The second-order valence-electron chi connectivity index (χ2n) is 8.10. The molecule has 0 fully saturated rings. The van der Waals surface area contributed by atoms with E-state index >= 15 is 0 Å². The van der Waals surface area contributed by atoms with Crippen molar-refractivity contribution in [3.63, 3.8) is 0 Å². The van der Waals surface area contributed by atoms with Crippen molar-refractivity contribution in [3.05, 3.63) is 125 Å². The number of nitrogens with one attached hydrogen (secondary N) is 1. The van der Waals surface area contributed by atoms with Gasteiger partial charge < -0.3 is 14.8 Å². The van der Waals surface area contributed by atoms with Crippen LogP contribution < -0.4 is 14.8 Å². The molecule has 182 valence electrons. The van der Waals surface area contributed by atoms with Gasteiger partial charge in [0.15, 0.2) is 11.5 Å². The summed E-state index contributed by atoms with van der Waals surface area (Å²) in [5.41, 5.74) is 2.70. The highest BCUT2D eigenvalue weighted by Gasteiger charge is 2.23. The number of aromatic nitrogens is 1. The van der Waals surface area contributed by atoms with Crippen LogP contribution in [0.1, 0.15) is 44.5 Å². The first-order valence-electron chi connectivity index (χ1n) is 11.4. The predicted octanol–water partition coefficient (Wildman–Crippen LogP) is 5.51. The molecular weight excluding hydrogens is 459 g/mol. The smallest absolute Gasteiger partial charge is 0.258 e. The Kier molecular flexibility index (Phi) is 8.03. The molecule has 7 heteroatoms. The second kappa shape index (κ2) is 11.8. The molecule has 0 aliphatic heterocycles. The van der Waals surface area contributed by atoms with Crippen molar-refractivity contribution in [3.8, 4) is 11.6 Å². The Morgan fingerprint density at radius 1 is 0.806 bits per heavy atom. The molecule has 1 N–H and O–H groups in total. The van der Waals surface area contributed by atoms with Gasteiger partial charge in [0.1, 0.15) is 24.7 Å². The molecule has 1 heterocycles. The molecule has 1 amide bonds. The Labute approximate surface area is 208 Å². The van der Waals surface area contributed by atoms with Crippen molar-refractivity contribution in [2.45, 2.75) is 26.7 Å². The van der Waals surface area contributed by atoms with Crippen LogP contribution in [0, 0.1) is 5.82 Å². The molecule has 1 aromatic heterocycles. The average molecular weight is 485 g/mol. The topological polar surface area (TPSA) is 77.5 Å². The zero-order valence-electron chi connectivity index (χ0n) is 19.7. The standard InChI is InChI=1S/C29H25FN2O4/c1-20(33)26-16-25(28(34)31-17-21-12-14-24(30)15-13-21)27(35-18-22-8-4-2-5-9-22)29(32-26)36-19-23-10-6-3-7-11-23/h2-16H,17-19H2,1H3,(H,31,34). The zero-order valence-corrected chi connectivity index (χ0v) is 19.7. The third-order valence-electron chi connectivity index (χ3n) is 5.36. The molecule has 0 saturated carbocycles. The lowest BCUT2D eigenvalue weighted by Crippen LogP contribution is -2.24. The first-order valence-corrected chi connectivity index (χ1v) is 11.4. The lowest BCUT2D eigenvalue weighted by Gasteiger charge is -2.17. The van der Waals surface area contributed by atoms with E-state index in [1.807, 2.05) is 60.7 Å². The largest absolute Gasteiger partial charge is 0.483 e. The van der Waals surface area contributed by atoms with Gasteiger partial charge in [0.25, 0.3) is 11.8 Å². The predicted molar refractivity (Wildman–Crippen MR) is 133 cm³/mol. The molecule has 36 heavy (non-hydrogen) atoms. The van der Waals surface area contributed by atoms with Crippen LogP contribution in [0.3, 0.4) is 0 Å². The van der Waals surface area contributed by atoms with Gasteiger partial charge in [-0.3, -0.25) is 9.59 Å². The number of ketones is 1. The number of carbonyl (C=O) groups is 2. The lowest BCUT2D eigenvalue weighted by atomic mass is 10.1. The van der Waals surface area contributed by atoms with E-state index in [1.54, 1.807) is 12.1 Å². The summed E-state index contributed by atoms with van der Waals surface area (Å²) in [5, 5.41) is 2.80. The van der Waals surface area contributed by atoms with Gasteiger partial charge in [-0.1, -0.05) is 72.8 Å². The molecular formula is C29H25FN2O4. The number of hydrogen-bond donors (Lipinski definition) is 1. The summed E-state index contributed by atoms with van der Waals surface area (Å²) in [6, 6.07) is 26.2. The van der Waals surface area contributed by atoms with Crippen LogP contribution in [0.5, 0.6) is 11.6 Å². The van der Waals surface area contributed by atoms with E-state index in [9.17, 15) is 14.0 Å². The summed E-state index contributed by atoms with van der Waals surface area (Å²) in [5.74, 6) is -0.966. The molecule has 0 saturated heterocycles. The third kappa shape index (κ3) is 6.54. The number of hydrogen-bond acceptors (Lipinski definition) is 5. The van der Waals surface area contributed by atoms with E-state index in [0.29, 0.717) is 0 Å². The Balaban J connectivity index is 1.65. The van der Waals surface area contributed by atoms with E-state index in [4.69, 9.17) is 9.47 Å². The lowest BCUT2D eigenvalue weighted by molar-refractivity contribution is 0.0944. The number of Topliss-reactive ketones (excluding diaryl/α,β-unsaturated/α-hetero) is 1. The van der Waals surface area contributed by atoms with Crippen LogP contribution >= 0.6 is 0 Å². The Bertz CT molecular complexity index is 1330. The summed E-state index contributed by atoms with van der Waals surface area (Å²) >= 11 is 0. The van der Waals surface area contributed by atoms with E-state index < -0.39 is 5.91 Å². The third-order valence-corrected chi connectivity index (χ3v) is 5.36. The average Bonchev–Trinajstić information content (AvgIpc) is 2.91. The monoisotopic (exact) mass is 484 g/mol. The number of halogens is 1. The van der Waals surface area contributed by atoms with Crippen molar-refractivity contribution in [2.75, 3.05) is 0 Å². The van der Waals surface area contributed by atoms with Gasteiger partial charge in [-0.25, -0.2) is 9.37 Å². The number of rotatable bonds is 10. The number of benzene rings is 3. The van der Waals surface area contributed by atoms with Crippen molar-refractivity contribution < 1.29 is 23.5 Å². The van der Waals surface area contributed by atoms with Gasteiger partial charge in [-0.05, 0) is 34.9 Å². The minimum Gasteiger partial charge on any atom is -0.483 e. The number of carbonyl (C=O) groups excluding carboxylic acids is 2. The van der Waals surface area contributed by atoms with Crippen LogP contribution in [-0.2, 0) is 19.8 Å². The molecule has 0 bridgehead atoms. The van der Waals surface area contributed by atoms with Crippen molar-refractivity contribution >= 4 is 11.7 Å². The fourth-order valence-corrected chi connectivity index (χ4v) is 3.43. The highest BCUT2D eigenvalue weighted by atomic mass is 19.1. The van der Waals surface area contributed by atoms with E-state index in [-0.39, 0.29) is 54.2 Å². The van der Waals surface area contributed by atoms with Crippen LogP contribution in [0.15, 0.2) is 91.0 Å². The normalized spacial score (nSPS) is 10.5. The van der Waals surface area contributed by atoms with Crippen molar-refractivity contribution in [1.29, 1.82) is 0 Å². The van der Waals surface area contributed by atoms with E-state index in [0.717, 1.165) is 16.7 Å². The van der Waals surface area contributed by atoms with Crippen LogP contribution in [0.25, 0.3) is 0 Å². The second-order valence-corrected chi connectivity index (χ2v) is 8.10.